The molecule has 0 bridgehead atoms. The number of nitrogens with zero attached hydrogens (tertiary/aromatic N) is 3. The number of ether oxygens (including phenoxy) is 3. The van der Waals surface area contributed by atoms with Crippen LogP contribution in [0.4, 0.5) is 5.69 Å². The van der Waals surface area contributed by atoms with Crippen molar-refractivity contribution in [1.29, 1.82) is 0 Å². The lowest BCUT2D eigenvalue weighted by Crippen LogP contribution is -2.38. The molecule has 2 aliphatic heterocycles. The van der Waals surface area contributed by atoms with Crippen LogP contribution in [0, 0.1) is 0 Å². The van der Waals surface area contributed by atoms with E-state index in [1.165, 1.54) is 0 Å². The molecule has 0 spiro atoms. The summed E-state index contributed by atoms with van der Waals surface area (Å²) in [6.07, 6.45) is 1.39. The van der Waals surface area contributed by atoms with Crippen LogP contribution in [0.2, 0.25) is 0 Å². The van der Waals surface area contributed by atoms with Gasteiger partial charge in [0.1, 0.15) is 28.9 Å². The highest BCUT2D eigenvalue weighted by Crippen LogP contribution is 2.36. The molecule has 2 heterocycles. The van der Waals surface area contributed by atoms with Crippen LogP contribution < -0.4 is 24.2 Å². The first-order valence-corrected chi connectivity index (χ1v) is 12.8. The smallest absolute Gasteiger partial charge is 0.214 e. The van der Waals surface area contributed by atoms with Crippen molar-refractivity contribution < 1.29 is 22.6 Å². The molecular formula is C24H27N5O5S. The van der Waals surface area contributed by atoms with Gasteiger partial charge in [0, 0.05) is 17.2 Å². The number of sulfonamides is 1. The molecule has 1 saturated carbocycles. The summed E-state index contributed by atoms with van der Waals surface area (Å²) >= 11 is 0. The molecule has 10 nitrogen and oxygen atoms in total. The monoisotopic (exact) mass is 497 g/mol. The summed E-state index contributed by atoms with van der Waals surface area (Å²) in [6, 6.07) is 10.8. The maximum Gasteiger partial charge on any atom is 0.214 e. The first kappa shape index (κ1) is 23.3. The van der Waals surface area contributed by atoms with E-state index in [4.69, 9.17) is 29.2 Å². The number of para-hydroxylation sites is 1. The van der Waals surface area contributed by atoms with Gasteiger partial charge in [-0.15, -0.1) is 0 Å². The number of rotatable bonds is 9. The molecule has 5 rings (SSSR count). The summed E-state index contributed by atoms with van der Waals surface area (Å²) < 4.78 is 43.6. The highest BCUT2D eigenvalue weighted by atomic mass is 32.2. The fourth-order valence-electron chi connectivity index (χ4n) is 4.10. The minimum absolute atomic E-state index is 0.0394. The third-order valence-electron chi connectivity index (χ3n) is 6.13. The summed E-state index contributed by atoms with van der Waals surface area (Å²) in [4.78, 5) is 14.2. The molecule has 2 N–H and O–H groups in total. The topological polar surface area (TPSA) is 123 Å². The van der Waals surface area contributed by atoms with Gasteiger partial charge in [-0.25, -0.2) is 18.1 Å². The third-order valence-corrected chi connectivity index (χ3v) is 8.03. The minimum atomic E-state index is -3.34. The minimum Gasteiger partial charge on any atom is -0.497 e. The standard InChI is InChI=1S/C24H27N5O5S/c1-32-15-8-7-14(19(11-15)34-3)12-25-24-23-22(17-5-4-6-18(33-2)21(17)29-24)27-20(28-23)13-26-35(30,31)16-9-10-16/h4-8,11,16,23,26H,9-10,12-13H2,1-3H3,(H,25,29). The lowest BCUT2D eigenvalue weighted by Gasteiger charge is -2.26. The molecule has 3 aliphatic rings. The van der Waals surface area contributed by atoms with Gasteiger partial charge in [-0.3, -0.25) is 9.98 Å². The summed E-state index contributed by atoms with van der Waals surface area (Å²) in [7, 11) is 1.47. The average Bonchev–Trinajstić information content (AvgIpc) is 3.65. The number of nitrogens with one attached hydrogen (secondary N) is 2. The Labute approximate surface area is 204 Å². The van der Waals surface area contributed by atoms with E-state index in [-0.39, 0.29) is 11.8 Å². The Balaban J connectivity index is 1.47. The van der Waals surface area contributed by atoms with E-state index in [9.17, 15) is 8.42 Å². The highest BCUT2D eigenvalue weighted by Gasteiger charge is 2.38. The quantitative estimate of drug-likeness (QED) is 0.548. The SMILES string of the molecule is COc1ccc(CN=C2Nc3c(OC)cccc3C3=NC(CNS(=O)(=O)C4CC4)=NC23)c(OC)c1. The zero-order valence-corrected chi connectivity index (χ0v) is 20.6. The first-order valence-electron chi connectivity index (χ1n) is 11.3. The van der Waals surface area contributed by atoms with E-state index in [1.807, 2.05) is 36.4 Å². The molecule has 1 aliphatic carbocycles. The molecule has 1 fully saturated rings. The van der Waals surface area contributed by atoms with E-state index < -0.39 is 16.1 Å². The first-order chi connectivity index (χ1) is 16.9. The van der Waals surface area contributed by atoms with E-state index in [0.717, 1.165) is 16.8 Å². The fourth-order valence-corrected chi connectivity index (χ4v) is 5.43. The van der Waals surface area contributed by atoms with E-state index >= 15 is 0 Å². The van der Waals surface area contributed by atoms with E-state index in [1.54, 1.807) is 21.3 Å². The second kappa shape index (κ2) is 9.31. The van der Waals surface area contributed by atoms with Gasteiger partial charge in [-0.2, -0.15) is 0 Å². The van der Waals surface area contributed by atoms with Gasteiger partial charge in [0.05, 0.1) is 51.1 Å². The number of fused-ring (bicyclic) bond motifs is 3. The Hall–Kier alpha value is -3.44. The number of anilines is 1. The number of benzene rings is 2. The predicted octanol–water partition coefficient (Wildman–Crippen LogP) is 2.39. The van der Waals surface area contributed by atoms with E-state index in [0.29, 0.717) is 54.0 Å². The molecule has 2 aromatic rings. The molecule has 184 valence electrons. The Morgan fingerprint density at radius 1 is 1.09 bits per heavy atom. The maximum atomic E-state index is 12.3. The van der Waals surface area contributed by atoms with Crippen LogP contribution in [0.15, 0.2) is 51.4 Å². The van der Waals surface area contributed by atoms with Crippen LogP contribution in [0.25, 0.3) is 0 Å². The van der Waals surface area contributed by atoms with Gasteiger partial charge in [0.25, 0.3) is 0 Å². The predicted molar refractivity (Wildman–Crippen MR) is 135 cm³/mol. The van der Waals surface area contributed by atoms with Crippen LogP contribution in [0.5, 0.6) is 17.2 Å². The van der Waals surface area contributed by atoms with Crippen LogP contribution >= 0.6 is 0 Å². The summed E-state index contributed by atoms with van der Waals surface area (Å²) in [5.41, 5.74) is 3.18. The van der Waals surface area contributed by atoms with Gasteiger partial charge in [0.15, 0.2) is 6.04 Å². The largest absolute Gasteiger partial charge is 0.497 e. The van der Waals surface area contributed by atoms with Gasteiger partial charge in [0.2, 0.25) is 10.0 Å². The zero-order chi connectivity index (χ0) is 24.6. The second-order valence-corrected chi connectivity index (χ2v) is 10.4. The van der Waals surface area contributed by atoms with Crippen molar-refractivity contribution in [3.05, 3.63) is 47.5 Å². The molecule has 35 heavy (non-hydrogen) atoms. The van der Waals surface area contributed by atoms with Crippen LogP contribution in [0.1, 0.15) is 24.0 Å². The number of hydrogen-bond donors (Lipinski definition) is 2. The molecule has 2 aromatic carbocycles. The molecule has 0 amide bonds. The molecule has 11 heteroatoms. The summed E-state index contributed by atoms with van der Waals surface area (Å²) in [5.74, 6) is 3.03. The Morgan fingerprint density at radius 3 is 2.60 bits per heavy atom. The molecule has 1 atom stereocenters. The van der Waals surface area contributed by atoms with Gasteiger partial charge < -0.3 is 19.5 Å². The molecular weight excluding hydrogens is 470 g/mol. The molecule has 1 unspecified atom stereocenters. The third kappa shape index (κ3) is 4.61. The Morgan fingerprint density at radius 2 is 1.89 bits per heavy atom. The van der Waals surface area contributed by atoms with Crippen molar-refractivity contribution >= 4 is 33.1 Å². The van der Waals surface area contributed by atoms with Crippen molar-refractivity contribution in [1.82, 2.24) is 4.72 Å². The number of methoxy groups -OCH3 is 3. The van der Waals surface area contributed by atoms with Crippen LogP contribution in [-0.2, 0) is 16.6 Å². The summed E-state index contributed by atoms with van der Waals surface area (Å²) in [6.45, 7) is 0.376. The van der Waals surface area contributed by atoms with Gasteiger partial charge in [-0.1, -0.05) is 12.1 Å². The Bertz CT molecular complexity index is 1350. The maximum absolute atomic E-state index is 12.3. The fraction of sp³-hybridized carbons (Fsp3) is 0.375. The second-order valence-electron chi connectivity index (χ2n) is 8.40. The van der Waals surface area contributed by atoms with Crippen LogP contribution in [0.3, 0.4) is 0 Å². The number of hydrogen-bond acceptors (Lipinski definition) is 8. The number of amidine groups is 2. The van der Waals surface area contributed by atoms with Crippen molar-refractivity contribution in [2.24, 2.45) is 15.0 Å². The normalized spacial score (nSPS) is 19.9. The summed E-state index contributed by atoms with van der Waals surface area (Å²) in [5, 5.41) is 3.07. The highest BCUT2D eigenvalue weighted by molar-refractivity contribution is 7.90. The van der Waals surface area contributed by atoms with Crippen LogP contribution in [-0.4, -0.2) is 65.0 Å². The Kier molecular flexibility index (Phi) is 6.20. The number of aliphatic imine (C=N–C) groups is 3. The van der Waals surface area contributed by atoms with Crippen molar-refractivity contribution in [3.63, 3.8) is 0 Å². The zero-order valence-electron chi connectivity index (χ0n) is 19.7. The van der Waals surface area contributed by atoms with Crippen molar-refractivity contribution in [3.8, 4) is 17.2 Å². The average molecular weight is 498 g/mol. The van der Waals surface area contributed by atoms with Crippen molar-refractivity contribution in [2.75, 3.05) is 33.2 Å². The van der Waals surface area contributed by atoms with Crippen molar-refractivity contribution in [2.45, 2.75) is 30.7 Å². The van der Waals surface area contributed by atoms with Gasteiger partial charge >= 0.3 is 0 Å². The van der Waals surface area contributed by atoms with E-state index in [2.05, 4.69) is 10.0 Å². The lowest BCUT2D eigenvalue weighted by molar-refractivity contribution is 0.391. The molecule has 0 saturated heterocycles. The molecule has 0 aromatic heterocycles. The van der Waals surface area contributed by atoms with Gasteiger partial charge in [-0.05, 0) is 31.0 Å². The lowest BCUT2D eigenvalue weighted by atomic mass is 9.96. The molecule has 0 radical (unpaired) electrons.